The predicted molar refractivity (Wildman–Crippen MR) is 69.3 cm³/mol. The van der Waals surface area contributed by atoms with Gasteiger partial charge in [-0.25, -0.2) is 4.79 Å². The number of carboxylic acid groups (broad SMARTS) is 1. The number of aliphatic carboxylic acids is 1. The van der Waals surface area contributed by atoms with Gasteiger partial charge in [-0.3, -0.25) is 9.59 Å². The molecular weight excluding hydrogens is 286 g/mol. The summed E-state index contributed by atoms with van der Waals surface area (Å²) in [6.45, 7) is 5.00. The average Bonchev–Trinajstić information content (AvgIpc) is 2.78. The summed E-state index contributed by atoms with van der Waals surface area (Å²) in [5.74, 6) is -2.73. The van der Waals surface area contributed by atoms with Gasteiger partial charge in [0, 0.05) is 0 Å². The van der Waals surface area contributed by atoms with Crippen LogP contribution in [0.1, 0.15) is 37.7 Å². The molecular formula is C11H15N3O5S. The van der Waals surface area contributed by atoms with Gasteiger partial charge in [0.2, 0.25) is 0 Å². The van der Waals surface area contributed by atoms with E-state index in [1.807, 2.05) is 0 Å². The van der Waals surface area contributed by atoms with Crippen LogP contribution >= 0.6 is 11.7 Å². The molecule has 0 bridgehead atoms. The van der Waals surface area contributed by atoms with Crippen LogP contribution in [0.3, 0.4) is 0 Å². The summed E-state index contributed by atoms with van der Waals surface area (Å²) < 4.78 is 12.3. The summed E-state index contributed by atoms with van der Waals surface area (Å²) in [5, 5.41) is 11.2. The first-order valence-corrected chi connectivity index (χ1v) is 6.45. The third-order valence-corrected chi connectivity index (χ3v) is 2.47. The molecule has 1 aromatic rings. The molecule has 8 nitrogen and oxygen atoms in total. The van der Waals surface area contributed by atoms with E-state index in [0.717, 1.165) is 11.7 Å². The zero-order chi connectivity index (χ0) is 15.3. The smallest absolute Gasteiger partial charge is 0.326 e. The normalized spacial score (nSPS) is 12.6. The molecule has 1 heterocycles. The van der Waals surface area contributed by atoms with E-state index >= 15 is 0 Å². The summed E-state index contributed by atoms with van der Waals surface area (Å²) in [6, 6.07) is -1.38. The maximum atomic E-state index is 11.7. The second kappa shape index (κ2) is 6.42. The van der Waals surface area contributed by atoms with Crippen LogP contribution in [-0.4, -0.2) is 43.3 Å². The molecule has 0 fully saturated rings. The summed E-state index contributed by atoms with van der Waals surface area (Å²) in [4.78, 5) is 34.3. The van der Waals surface area contributed by atoms with Gasteiger partial charge < -0.3 is 15.2 Å². The Bertz CT molecular complexity index is 495. The van der Waals surface area contributed by atoms with Gasteiger partial charge in [0.25, 0.3) is 5.91 Å². The highest BCUT2D eigenvalue weighted by Crippen LogP contribution is 2.09. The SMILES string of the molecule is CC(C)(C)OC(=O)C[C@H](NC(=O)c1cnsn1)C(=O)O. The Morgan fingerprint density at radius 2 is 2.10 bits per heavy atom. The number of nitrogens with zero attached hydrogens (tertiary/aromatic N) is 2. The Kier molecular flexibility index (Phi) is 5.14. The molecule has 0 radical (unpaired) electrons. The highest BCUT2D eigenvalue weighted by Gasteiger charge is 2.27. The number of esters is 1. The average molecular weight is 301 g/mol. The van der Waals surface area contributed by atoms with E-state index in [4.69, 9.17) is 9.84 Å². The van der Waals surface area contributed by atoms with Crippen molar-refractivity contribution in [2.24, 2.45) is 0 Å². The van der Waals surface area contributed by atoms with Crippen molar-refractivity contribution in [3.05, 3.63) is 11.9 Å². The molecule has 0 saturated heterocycles. The van der Waals surface area contributed by atoms with E-state index in [1.54, 1.807) is 20.8 Å². The molecule has 0 aliphatic carbocycles. The van der Waals surface area contributed by atoms with Crippen LogP contribution in [-0.2, 0) is 14.3 Å². The van der Waals surface area contributed by atoms with Gasteiger partial charge in [0.05, 0.1) is 24.3 Å². The molecule has 0 aliphatic rings. The van der Waals surface area contributed by atoms with E-state index in [-0.39, 0.29) is 5.69 Å². The maximum absolute atomic E-state index is 11.7. The second-order valence-corrected chi connectivity index (χ2v) is 5.50. The number of nitrogens with one attached hydrogen (secondary N) is 1. The van der Waals surface area contributed by atoms with Crippen molar-refractivity contribution >= 4 is 29.6 Å². The Balaban J connectivity index is 2.64. The van der Waals surface area contributed by atoms with E-state index in [2.05, 4.69) is 14.1 Å². The van der Waals surface area contributed by atoms with Crippen molar-refractivity contribution in [3.8, 4) is 0 Å². The van der Waals surface area contributed by atoms with Crippen LogP contribution in [0.2, 0.25) is 0 Å². The van der Waals surface area contributed by atoms with Crippen molar-refractivity contribution in [2.75, 3.05) is 0 Å². The van der Waals surface area contributed by atoms with E-state index < -0.39 is 35.9 Å². The number of carbonyl (C=O) groups excluding carboxylic acids is 2. The van der Waals surface area contributed by atoms with E-state index in [9.17, 15) is 14.4 Å². The monoisotopic (exact) mass is 301 g/mol. The maximum Gasteiger partial charge on any atom is 0.326 e. The van der Waals surface area contributed by atoms with Gasteiger partial charge in [-0.05, 0) is 20.8 Å². The van der Waals surface area contributed by atoms with E-state index in [0.29, 0.717) is 0 Å². The fraction of sp³-hybridized carbons (Fsp3) is 0.545. The number of carboxylic acids is 1. The quantitative estimate of drug-likeness (QED) is 0.758. The highest BCUT2D eigenvalue weighted by atomic mass is 32.1. The molecule has 0 unspecified atom stereocenters. The van der Waals surface area contributed by atoms with Crippen molar-refractivity contribution in [1.82, 2.24) is 14.1 Å². The van der Waals surface area contributed by atoms with Crippen LogP contribution in [0, 0.1) is 0 Å². The Morgan fingerprint density at radius 1 is 1.45 bits per heavy atom. The molecule has 110 valence electrons. The molecule has 9 heteroatoms. The van der Waals surface area contributed by atoms with Crippen molar-refractivity contribution < 1.29 is 24.2 Å². The number of ether oxygens (including phenoxy) is 1. The first kappa shape index (κ1) is 16.0. The lowest BCUT2D eigenvalue weighted by molar-refractivity contribution is -0.158. The molecule has 0 spiro atoms. The number of rotatable bonds is 5. The summed E-state index contributed by atoms with van der Waals surface area (Å²) in [5.41, 5.74) is -0.714. The topological polar surface area (TPSA) is 118 Å². The summed E-state index contributed by atoms with van der Waals surface area (Å²) >= 11 is 0.825. The zero-order valence-electron chi connectivity index (χ0n) is 11.2. The lowest BCUT2D eigenvalue weighted by Crippen LogP contribution is -2.43. The third kappa shape index (κ3) is 5.31. The van der Waals surface area contributed by atoms with Gasteiger partial charge in [0.15, 0.2) is 5.69 Å². The Hall–Kier alpha value is -2.03. The van der Waals surface area contributed by atoms with E-state index in [1.165, 1.54) is 6.20 Å². The van der Waals surface area contributed by atoms with Crippen LogP contribution < -0.4 is 5.32 Å². The molecule has 20 heavy (non-hydrogen) atoms. The lowest BCUT2D eigenvalue weighted by atomic mass is 10.1. The molecule has 0 aromatic carbocycles. The standard InChI is InChI=1S/C11H15N3O5S/c1-11(2,3)19-8(15)4-6(10(17)18)13-9(16)7-5-12-20-14-7/h5-6H,4H2,1-3H3,(H,13,16)(H,17,18)/t6-/m0/s1. The zero-order valence-corrected chi connectivity index (χ0v) is 12.1. The molecule has 1 rings (SSSR count). The molecule has 0 saturated carbocycles. The number of hydrogen-bond donors (Lipinski definition) is 2. The van der Waals surface area contributed by atoms with Gasteiger partial charge in [0.1, 0.15) is 11.6 Å². The van der Waals surface area contributed by atoms with Gasteiger partial charge in [-0.2, -0.15) is 8.75 Å². The second-order valence-electron chi connectivity index (χ2n) is 4.95. The van der Waals surface area contributed by atoms with Crippen LogP contribution in [0.25, 0.3) is 0 Å². The van der Waals surface area contributed by atoms with Gasteiger partial charge in [-0.15, -0.1) is 0 Å². The molecule has 1 atom stereocenters. The minimum absolute atomic E-state index is 0.00504. The van der Waals surface area contributed by atoms with Crippen LogP contribution in [0.5, 0.6) is 0 Å². The molecule has 1 aromatic heterocycles. The number of amides is 1. The molecule has 1 amide bonds. The summed E-state index contributed by atoms with van der Waals surface area (Å²) in [7, 11) is 0. The largest absolute Gasteiger partial charge is 0.480 e. The first-order valence-electron chi connectivity index (χ1n) is 5.72. The lowest BCUT2D eigenvalue weighted by Gasteiger charge is -2.21. The Morgan fingerprint density at radius 3 is 2.55 bits per heavy atom. The fourth-order valence-corrected chi connectivity index (χ4v) is 1.66. The predicted octanol–water partition coefficient (Wildman–Crippen LogP) is 0.453. The molecule has 2 N–H and O–H groups in total. The minimum Gasteiger partial charge on any atom is -0.480 e. The molecule has 0 aliphatic heterocycles. The first-order chi connectivity index (χ1) is 9.19. The number of aromatic nitrogens is 2. The van der Waals surface area contributed by atoms with Gasteiger partial charge >= 0.3 is 11.9 Å². The third-order valence-electron chi connectivity index (χ3n) is 1.99. The van der Waals surface area contributed by atoms with Crippen molar-refractivity contribution in [3.63, 3.8) is 0 Å². The minimum atomic E-state index is -1.38. The van der Waals surface area contributed by atoms with Crippen molar-refractivity contribution in [2.45, 2.75) is 38.8 Å². The fourth-order valence-electron chi connectivity index (χ4n) is 1.25. The highest BCUT2D eigenvalue weighted by molar-refractivity contribution is 6.99. The van der Waals surface area contributed by atoms with Crippen LogP contribution in [0.15, 0.2) is 6.20 Å². The van der Waals surface area contributed by atoms with Crippen LogP contribution in [0.4, 0.5) is 0 Å². The number of carbonyl (C=O) groups is 3. The Labute approximate surface area is 119 Å². The number of hydrogen-bond acceptors (Lipinski definition) is 7. The van der Waals surface area contributed by atoms with Gasteiger partial charge in [-0.1, -0.05) is 0 Å². The summed E-state index contributed by atoms with van der Waals surface area (Å²) in [6.07, 6.45) is 0.752. The van der Waals surface area contributed by atoms with Crippen molar-refractivity contribution in [1.29, 1.82) is 0 Å².